The van der Waals surface area contributed by atoms with Gasteiger partial charge in [-0.2, -0.15) is 5.10 Å². The summed E-state index contributed by atoms with van der Waals surface area (Å²) in [6.45, 7) is 0.903. The van der Waals surface area contributed by atoms with E-state index in [1.54, 1.807) is 0 Å². The molecule has 100 valence electrons. The maximum Gasteiger partial charge on any atom is 0.0490 e. The number of H-pyrrole nitrogens is 1. The number of rotatable bonds is 4. The Kier molecular flexibility index (Phi) is 3.94. The van der Waals surface area contributed by atoms with Crippen LogP contribution in [-0.2, 0) is 6.54 Å². The highest BCUT2D eigenvalue weighted by Crippen LogP contribution is 2.32. The molecule has 1 heterocycles. The van der Waals surface area contributed by atoms with Gasteiger partial charge in [0.1, 0.15) is 0 Å². The maximum atomic E-state index is 3.97. The van der Waals surface area contributed by atoms with Gasteiger partial charge in [-0.15, -0.1) is 0 Å². The number of aromatic nitrogens is 2. The van der Waals surface area contributed by atoms with Crippen LogP contribution in [0.15, 0.2) is 42.6 Å². The first kappa shape index (κ1) is 12.4. The van der Waals surface area contributed by atoms with Crippen LogP contribution in [0.3, 0.4) is 0 Å². The van der Waals surface area contributed by atoms with Crippen molar-refractivity contribution < 1.29 is 0 Å². The number of hydrogen-bond donors (Lipinski definition) is 2. The third-order valence-corrected chi connectivity index (χ3v) is 4.14. The average Bonchev–Trinajstić information content (AvgIpc) is 3.00. The molecule has 0 saturated heterocycles. The molecule has 0 radical (unpaired) electrons. The van der Waals surface area contributed by atoms with E-state index in [2.05, 4.69) is 45.8 Å². The molecule has 0 bridgehead atoms. The fraction of sp³-hybridized carbons (Fsp3) is 0.438. The number of nitrogens with one attached hydrogen (secondary N) is 2. The molecule has 1 aliphatic carbocycles. The molecule has 1 aromatic heterocycles. The van der Waals surface area contributed by atoms with Gasteiger partial charge < -0.3 is 5.32 Å². The number of nitrogens with zero attached hydrogens (tertiary/aromatic N) is 1. The molecule has 2 N–H and O–H groups in total. The highest BCUT2D eigenvalue weighted by Gasteiger charge is 2.21. The fourth-order valence-corrected chi connectivity index (χ4v) is 2.99. The van der Waals surface area contributed by atoms with Gasteiger partial charge in [-0.1, -0.05) is 30.3 Å². The van der Waals surface area contributed by atoms with Crippen LogP contribution >= 0.6 is 0 Å². The topological polar surface area (TPSA) is 40.7 Å². The van der Waals surface area contributed by atoms with Crippen LogP contribution in [0.1, 0.15) is 42.9 Å². The molecule has 0 atom stereocenters. The van der Waals surface area contributed by atoms with Crippen molar-refractivity contribution in [3.8, 4) is 0 Å². The highest BCUT2D eigenvalue weighted by atomic mass is 15.1. The van der Waals surface area contributed by atoms with Gasteiger partial charge in [0.15, 0.2) is 0 Å². The van der Waals surface area contributed by atoms with Crippen LogP contribution in [-0.4, -0.2) is 16.2 Å². The van der Waals surface area contributed by atoms with Crippen molar-refractivity contribution in [2.45, 2.75) is 44.2 Å². The molecule has 3 nitrogen and oxygen atoms in total. The van der Waals surface area contributed by atoms with Gasteiger partial charge in [-0.3, -0.25) is 5.10 Å². The Hall–Kier alpha value is -1.61. The molecule has 1 saturated carbocycles. The maximum absolute atomic E-state index is 3.97. The van der Waals surface area contributed by atoms with E-state index < -0.39 is 0 Å². The minimum Gasteiger partial charge on any atom is -0.308 e. The van der Waals surface area contributed by atoms with Crippen LogP contribution in [0.4, 0.5) is 0 Å². The normalized spacial score (nSPS) is 23.4. The second-order valence-corrected chi connectivity index (χ2v) is 5.42. The van der Waals surface area contributed by atoms with Gasteiger partial charge in [0, 0.05) is 24.5 Å². The van der Waals surface area contributed by atoms with Crippen molar-refractivity contribution >= 4 is 0 Å². The molecule has 0 unspecified atom stereocenters. The number of benzene rings is 1. The van der Waals surface area contributed by atoms with Gasteiger partial charge in [0.05, 0.1) is 0 Å². The van der Waals surface area contributed by atoms with Crippen molar-refractivity contribution in [1.29, 1.82) is 0 Å². The molecule has 1 aromatic carbocycles. The minimum absolute atomic E-state index is 0.656. The molecule has 1 aliphatic rings. The first-order valence-electron chi connectivity index (χ1n) is 7.18. The zero-order valence-corrected chi connectivity index (χ0v) is 11.2. The van der Waals surface area contributed by atoms with Gasteiger partial charge in [-0.25, -0.2) is 0 Å². The Morgan fingerprint density at radius 1 is 1.05 bits per heavy atom. The van der Waals surface area contributed by atoms with E-state index in [0.29, 0.717) is 6.04 Å². The molecular formula is C16H21N3. The first-order chi connectivity index (χ1) is 9.42. The summed E-state index contributed by atoms with van der Waals surface area (Å²) in [7, 11) is 0. The Balaban J connectivity index is 1.47. The van der Waals surface area contributed by atoms with E-state index in [-0.39, 0.29) is 0 Å². The molecule has 2 aromatic rings. The SMILES string of the molecule is c1ccc(C2CCC(NCc3ccn[nH]3)CC2)cc1. The molecule has 19 heavy (non-hydrogen) atoms. The van der Waals surface area contributed by atoms with Crippen molar-refractivity contribution in [2.75, 3.05) is 0 Å². The lowest BCUT2D eigenvalue weighted by Gasteiger charge is -2.29. The average molecular weight is 255 g/mol. The quantitative estimate of drug-likeness (QED) is 0.880. The van der Waals surface area contributed by atoms with Gasteiger partial charge in [-0.05, 0) is 43.2 Å². The minimum atomic E-state index is 0.656. The van der Waals surface area contributed by atoms with Crippen molar-refractivity contribution in [2.24, 2.45) is 0 Å². The van der Waals surface area contributed by atoms with Crippen LogP contribution in [0.2, 0.25) is 0 Å². The van der Waals surface area contributed by atoms with Gasteiger partial charge in [0.2, 0.25) is 0 Å². The third-order valence-electron chi connectivity index (χ3n) is 4.14. The lowest BCUT2D eigenvalue weighted by atomic mass is 9.82. The highest BCUT2D eigenvalue weighted by molar-refractivity contribution is 5.20. The summed E-state index contributed by atoms with van der Waals surface area (Å²) in [5.41, 5.74) is 2.68. The number of hydrogen-bond acceptors (Lipinski definition) is 2. The van der Waals surface area contributed by atoms with Crippen molar-refractivity contribution in [1.82, 2.24) is 15.5 Å². The largest absolute Gasteiger partial charge is 0.308 e. The smallest absolute Gasteiger partial charge is 0.0490 e. The van der Waals surface area contributed by atoms with Gasteiger partial charge in [0.25, 0.3) is 0 Å². The van der Waals surface area contributed by atoms with E-state index in [1.807, 2.05) is 12.3 Å². The summed E-state index contributed by atoms with van der Waals surface area (Å²) >= 11 is 0. The predicted octanol–water partition coefficient (Wildman–Crippen LogP) is 3.23. The summed E-state index contributed by atoms with van der Waals surface area (Å²) in [5.74, 6) is 0.756. The first-order valence-corrected chi connectivity index (χ1v) is 7.18. The summed E-state index contributed by atoms with van der Waals surface area (Å²) in [6, 6.07) is 13.6. The molecule has 0 aliphatic heterocycles. The van der Waals surface area contributed by atoms with Crippen LogP contribution in [0.5, 0.6) is 0 Å². The summed E-state index contributed by atoms with van der Waals surface area (Å²) in [5, 5.41) is 10.6. The van der Waals surface area contributed by atoms with Crippen LogP contribution in [0, 0.1) is 0 Å². The van der Waals surface area contributed by atoms with E-state index in [1.165, 1.54) is 36.9 Å². The van der Waals surface area contributed by atoms with Crippen molar-refractivity contribution in [3.63, 3.8) is 0 Å². The Labute approximate surface area is 114 Å². The lowest BCUT2D eigenvalue weighted by Crippen LogP contribution is -2.32. The van der Waals surface area contributed by atoms with E-state index in [9.17, 15) is 0 Å². The standard InChI is InChI=1S/C16H21N3/c1-2-4-13(5-3-1)14-6-8-15(9-7-14)17-12-16-10-11-18-19-16/h1-5,10-11,14-15,17H,6-9,12H2,(H,18,19). The molecule has 0 amide bonds. The molecule has 3 rings (SSSR count). The second-order valence-electron chi connectivity index (χ2n) is 5.42. The van der Waals surface area contributed by atoms with E-state index in [0.717, 1.165) is 12.5 Å². The molecule has 3 heteroatoms. The fourth-order valence-electron chi connectivity index (χ4n) is 2.99. The Bertz CT molecular complexity index is 470. The monoisotopic (exact) mass is 255 g/mol. The molecule has 0 spiro atoms. The van der Waals surface area contributed by atoms with Crippen LogP contribution in [0.25, 0.3) is 0 Å². The third kappa shape index (κ3) is 3.24. The van der Waals surface area contributed by atoms with E-state index >= 15 is 0 Å². The lowest BCUT2D eigenvalue weighted by molar-refractivity contribution is 0.340. The van der Waals surface area contributed by atoms with Gasteiger partial charge >= 0.3 is 0 Å². The van der Waals surface area contributed by atoms with Crippen molar-refractivity contribution in [3.05, 3.63) is 53.9 Å². The zero-order chi connectivity index (χ0) is 12.9. The predicted molar refractivity (Wildman–Crippen MR) is 76.9 cm³/mol. The molecular weight excluding hydrogens is 234 g/mol. The Morgan fingerprint density at radius 3 is 2.53 bits per heavy atom. The summed E-state index contributed by atoms with van der Waals surface area (Å²) in [6.07, 6.45) is 6.94. The Morgan fingerprint density at radius 2 is 1.84 bits per heavy atom. The number of aromatic amines is 1. The zero-order valence-electron chi connectivity index (χ0n) is 11.2. The second kappa shape index (κ2) is 6.02. The van der Waals surface area contributed by atoms with Crippen LogP contribution < -0.4 is 5.32 Å². The summed E-state index contributed by atoms with van der Waals surface area (Å²) < 4.78 is 0. The van der Waals surface area contributed by atoms with E-state index in [4.69, 9.17) is 0 Å². The summed E-state index contributed by atoms with van der Waals surface area (Å²) in [4.78, 5) is 0. The molecule has 1 fully saturated rings.